The molecule has 4 aromatic rings. The normalized spacial score (nSPS) is 12.0. The molecule has 194 valence electrons. The lowest BCUT2D eigenvalue weighted by atomic mass is 9.40. The third-order valence-electron chi connectivity index (χ3n) is 6.40. The monoisotopic (exact) mass is 544 g/mol. The number of hydrogen-bond donors (Lipinski definition) is 1. The molecule has 0 aliphatic carbocycles. The number of carbonyl (C=O) groups is 2. The number of carbonyl (C=O) groups excluding carboxylic acids is 2. The Bertz CT molecular complexity index is 1600. The summed E-state index contributed by atoms with van der Waals surface area (Å²) in [4.78, 5) is 40.1. The van der Waals surface area contributed by atoms with Gasteiger partial charge in [0, 0.05) is 34.3 Å². The van der Waals surface area contributed by atoms with E-state index in [0.29, 0.717) is 10.7 Å². The molecule has 1 amide bonds. The van der Waals surface area contributed by atoms with Gasteiger partial charge in [0.15, 0.2) is 0 Å². The van der Waals surface area contributed by atoms with E-state index in [2.05, 4.69) is 5.32 Å². The second kappa shape index (κ2) is 12.0. The van der Waals surface area contributed by atoms with E-state index < -0.39 is 22.5 Å². The molecule has 0 saturated carbocycles. The van der Waals surface area contributed by atoms with Crippen LogP contribution in [0.25, 0.3) is 11.1 Å². The average Bonchev–Trinajstić information content (AvgIpc) is 2.92. The van der Waals surface area contributed by atoms with Gasteiger partial charge in [-0.25, -0.2) is 0 Å². The number of anilines is 1. The van der Waals surface area contributed by atoms with Crippen LogP contribution >= 0.6 is 11.6 Å². The molecular formula is C30H24B3ClN2O4. The van der Waals surface area contributed by atoms with Crippen molar-refractivity contribution >= 4 is 52.5 Å². The summed E-state index contributed by atoms with van der Waals surface area (Å²) in [5.41, 5.74) is 2.57. The minimum atomic E-state index is -2.15. The Morgan fingerprint density at radius 3 is 2.27 bits per heavy atom. The van der Waals surface area contributed by atoms with E-state index in [0.717, 1.165) is 11.1 Å². The highest BCUT2D eigenvalue weighted by Gasteiger charge is 2.28. The van der Waals surface area contributed by atoms with Gasteiger partial charge in [-0.15, -0.1) is 0 Å². The number of rotatable bonds is 9. The number of Topliss-reactive ketones (excluding diaryl/α,β-unsaturated/α-hetero) is 1. The van der Waals surface area contributed by atoms with Crippen LogP contribution in [0.4, 0.5) is 5.69 Å². The zero-order valence-corrected chi connectivity index (χ0v) is 22.8. The van der Waals surface area contributed by atoms with Gasteiger partial charge in [-0.2, -0.15) is 0 Å². The van der Waals surface area contributed by atoms with E-state index >= 15 is 0 Å². The fourth-order valence-electron chi connectivity index (χ4n) is 4.33. The van der Waals surface area contributed by atoms with Crippen LogP contribution in [0.15, 0.2) is 89.9 Å². The minimum absolute atomic E-state index is 0.0605. The Morgan fingerprint density at radius 1 is 0.975 bits per heavy atom. The van der Waals surface area contributed by atoms with E-state index in [-0.39, 0.29) is 34.8 Å². The standard InChI is InChI=1S/C30H24B3ClN2O4/c1-18-8-11-21(12-9-18)35-29(39)25(14-19-6-4-3-5-7-19)36-17-26(40-2)24(16-27(36)37)23-15-20(34)10-13-22(23)28(38)30(31,32)33/h3-13,15-17,25H,14H2,1-2H3,(H,35,39). The summed E-state index contributed by atoms with van der Waals surface area (Å²) in [7, 11) is 18.4. The van der Waals surface area contributed by atoms with Crippen molar-refractivity contribution in [3.8, 4) is 16.9 Å². The SMILES string of the molecule is [B]C([B])([B])C(=O)c1ccc(Cl)cc1-c1cc(=O)n(C(Cc2ccccc2)C(=O)Nc2ccc(C)cc2)cc1OC. The molecule has 1 unspecified atom stereocenters. The molecule has 1 N–H and O–H groups in total. The molecule has 6 nitrogen and oxygen atoms in total. The van der Waals surface area contributed by atoms with Crippen LogP contribution in [0.5, 0.6) is 5.75 Å². The second-order valence-corrected chi connectivity index (χ2v) is 9.95. The molecule has 3 aromatic carbocycles. The van der Waals surface area contributed by atoms with Crippen molar-refractivity contribution in [2.24, 2.45) is 0 Å². The molecule has 4 rings (SSSR count). The second-order valence-electron chi connectivity index (χ2n) is 9.51. The third-order valence-corrected chi connectivity index (χ3v) is 6.64. The van der Waals surface area contributed by atoms with Crippen LogP contribution in [0, 0.1) is 6.92 Å². The summed E-state index contributed by atoms with van der Waals surface area (Å²) in [5, 5.41) is 1.05. The number of benzene rings is 3. The summed E-state index contributed by atoms with van der Waals surface area (Å²) < 4.78 is 6.94. The molecule has 1 heterocycles. The molecule has 0 aliphatic rings. The number of amides is 1. The van der Waals surface area contributed by atoms with E-state index in [4.69, 9.17) is 39.9 Å². The summed E-state index contributed by atoms with van der Waals surface area (Å²) in [6.07, 6.45) is 1.67. The Kier molecular flexibility index (Phi) is 8.74. The van der Waals surface area contributed by atoms with E-state index in [1.165, 1.54) is 42.1 Å². The first-order valence-corrected chi connectivity index (χ1v) is 12.8. The first-order chi connectivity index (χ1) is 19.0. The lowest BCUT2D eigenvalue weighted by Crippen LogP contribution is -2.34. The van der Waals surface area contributed by atoms with Crippen LogP contribution in [-0.4, -0.2) is 46.9 Å². The van der Waals surface area contributed by atoms with Crippen LogP contribution in [0.2, 0.25) is 10.1 Å². The van der Waals surface area contributed by atoms with Crippen LogP contribution in [0.3, 0.4) is 0 Å². The van der Waals surface area contributed by atoms with Crippen molar-refractivity contribution in [3.63, 3.8) is 0 Å². The van der Waals surface area contributed by atoms with Crippen molar-refractivity contribution in [1.82, 2.24) is 4.57 Å². The largest absolute Gasteiger partial charge is 0.495 e. The van der Waals surface area contributed by atoms with Crippen molar-refractivity contribution in [3.05, 3.63) is 117 Å². The number of ether oxygens (including phenoxy) is 1. The fourth-order valence-corrected chi connectivity index (χ4v) is 4.51. The molecular weight excluding hydrogens is 520 g/mol. The Morgan fingerprint density at radius 2 is 1.65 bits per heavy atom. The summed E-state index contributed by atoms with van der Waals surface area (Å²) in [5.74, 6) is -0.930. The zero-order valence-electron chi connectivity index (χ0n) is 22.1. The molecule has 1 atom stereocenters. The Hall–Kier alpha value is -3.97. The Balaban J connectivity index is 1.83. The van der Waals surface area contributed by atoms with Crippen molar-refractivity contribution in [2.75, 3.05) is 12.4 Å². The summed E-state index contributed by atoms with van der Waals surface area (Å²) in [6, 6.07) is 21.5. The van der Waals surface area contributed by atoms with E-state index in [9.17, 15) is 14.4 Å². The molecule has 1 aromatic heterocycles. The summed E-state index contributed by atoms with van der Waals surface area (Å²) >= 11 is 6.24. The van der Waals surface area contributed by atoms with Gasteiger partial charge in [0.2, 0.25) is 5.91 Å². The quantitative estimate of drug-likeness (QED) is 0.246. The number of halogens is 1. The topological polar surface area (TPSA) is 77.4 Å². The smallest absolute Gasteiger partial charge is 0.252 e. The van der Waals surface area contributed by atoms with Gasteiger partial charge >= 0.3 is 0 Å². The number of aromatic nitrogens is 1. The van der Waals surface area contributed by atoms with E-state index in [1.54, 1.807) is 12.1 Å². The lowest BCUT2D eigenvalue weighted by molar-refractivity contribution is -0.119. The number of methoxy groups -OCH3 is 1. The predicted molar refractivity (Wildman–Crippen MR) is 161 cm³/mol. The van der Waals surface area contributed by atoms with Gasteiger partial charge in [0.1, 0.15) is 17.6 Å². The number of ketones is 1. The lowest BCUT2D eigenvalue weighted by Gasteiger charge is -2.23. The molecule has 0 aliphatic heterocycles. The first-order valence-electron chi connectivity index (χ1n) is 12.4. The van der Waals surface area contributed by atoms with Gasteiger partial charge in [-0.1, -0.05) is 64.7 Å². The predicted octanol–water partition coefficient (Wildman–Crippen LogP) is 4.67. The molecule has 0 bridgehead atoms. The highest BCUT2D eigenvalue weighted by atomic mass is 35.5. The third kappa shape index (κ3) is 6.60. The first kappa shape index (κ1) is 29.0. The molecule has 0 fully saturated rings. The minimum Gasteiger partial charge on any atom is -0.495 e. The maximum absolute atomic E-state index is 13.6. The van der Waals surface area contributed by atoms with Crippen molar-refractivity contribution < 1.29 is 14.3 Å². The zero-order chi connectivity index (χ0) is 29.0. The number of aryl methyl sites for hydroxylation is 1. The average molecular weight is 544 g/mol. The molecule has 6 radical (unpaired) electrons. The van der Waals surface area contributed by atoms with Gasteiger partial charge in [0.05, 0.1) is 36.8 Å². The molecule has 0 spiro atoms. The number of pyridine rings is 1. The van der Waals surface area contributed by atoms with Gasteiger partial charge in [-0.3, -0.25) is 19.0 Å². The van der Waals surface area contributed by atoms with Crippen LogP contribution in [0.1, 0.15) is 27.5 Å². The van der Waals surface area contributed by atoms with Crippen molar-refractivity contribution in [2.45, 2.75) is 24.5 Å². The number of hydrogen-bond acceptors (Lipinski definition) is 4. The van der Waals surface area contributed by atoms with Gasteiger partial charge in [-0.05, 0) is 48.4 Å². The molecule has 0 saturated heterocycles. The number of nitrogens with zero attached hydrogens (tertiary/aromatic N) is 1. The van der Waals surface area contributed by atoms with E-state index in [1.807, 2.05) is 49.4 Å². The fraction of sp³-hybridized carbons (Fsp3) is 0.167. The van der Waals surface area contributed by atoms with Gasteiger partial charge < -0.3 is 10.1 Å². The maximum Gasteiger partial charge on any atom is 0.252 e. The Labute approximate surface area is 241 Å². The van der Waals surface area contributed by atoms with Crippen LogP contribution < -0.4 is 15.6 Å². The molecule has 10 heteroatoms. The molecule has 40 heavy (non-hydrogen) atoms. The van der Waals surface area contributed by atoms with Crippen LogP contribution in [-0.2, 0) is 11.2 Å². The highest BCUT2D eigenvalue weighted by molar-refractivity contribution is 6.70. The maximum atomic E-state index is 13.6. The van der Waals surface area contributed by atoms with Gasteiger partial charge in [0.25, 0.3) is 5.56 Å². The highest BCUT2D eigenvalue weighted by Crippen LogP contribution is 2.36. The van der Waals surface area contributed by atoms with Crippen molar-refractivity contribution in [1.29, 1.82) is 0 Å². The number of nitrogens with one attached hydrogen (secondary N) is 1. The summed E-state index contributed by atoms with van der Waals surface area (Å²) in [6.45, 7) is 1.95.